The van der Waals surface area contributed by atoms with Crippen molar-refractivity contribution >= 4 is 17.5 Å². The van der Waals surface area contributed by atoms with E-state index in [2.05, 4.69) is 5.32 Å². The summed E-state index contributed by atoms with van der Waals surface area (Å²) in [5, 5.41) is 2.36. The molecule has 0 aromatic carbocycles. The van der Waals surface area contributed by atoms with E-state index in [1.54, 1.807) is 0 Å². The molecule has 1 heterocycles. The van der Waals surface area contributed by atoms with Gasteiger partial charge in [0.2, 0.25) is 11.8 Å². The molecule has 0 bridgehead atoms. The van der Waals surface area contributed by atoms with Gasteiger partial charge >= 0.3 is 0 Å². The molecule has 1 rings (SSSR count). The van der Waals surface area contributed by atoms with Crippen LogP contribution in [0.5, 0.6) is 0 Å². The highest BCUT2D eigenvalue weighted by Gasteiger charge is 2.12. The summed E-state index contributed by atoms with van der Waals surface area (Å²) in [4.78, 5) is 33.6. The van der Waals surface area contributed by atoms with Gasteiger partial charge in [0.05, 0.1) is 0 Å². The molecule has 0 aliphatic carbocycles. The molecular formula is C10H14N4O3. The molecule has 0 aliphatic rings. The first-order chi connectivity index (χ1) is 7.90. The third-order valence-corrected chi connectivity index (χ3v) is 2.12. The summed E-state index contributed by atoms with van der Waals surface area (Å²) in [6.45, 7) is 1.25. The van der Waals surface area contributed by atoms with Crippen molar-refractivity contribution < 1.29 is 9.59 Å². The fourth-order valence-electron chi connectivity index (χ4n) is 1.19. The molecule has 17 heavy (non-hydrogen) atoms. The summed E-state index contributed by atoms with van der Waals surface area (Å²) in [7, 11) is 0. The van der Waals surface area contributed by atoms with Gasteiger partial charge in [-0.2, -0.15) is 0 Å². The number of carbonyl (C=O) groups excluding carboxylic acids is 2. The van der Waals surface area contributed by atoms with Crippen molar-refractivity contribution in [3.63, 3.8) is 0 Å². The van der Waals surface area contributed by atoms with Crippen LogP contribution in [0.25, 0.3) is 0 Å². The summed E-state index contributed by atoms with van der Waals surface area (Å²) in [5.74, 6) is -1.12. The normalized spacial score (nSPS) is 11.8. The Morgan fingerprint density at radius 2 is 2.12 bits per heavy atom. The molecular weight excluding hydrogens is 224 g/mol. The fourth-order valence-corrected chi connectivity index (χ4v) is 1.19. The van der Waals surface area contributed by atoms with Gasteiger partial charge in [-0.3, -0.25) is 14.4 Å². The molecule has 0 saturated heterocycles. The highest BCUT2D eigenvalue weighted by Crippen LogP contribution is 1.95. The first-order valence-electron chi connectivity index (χ1n) is 4.95. The summed E-state index contributed by atoms with van der Waals surface area (Å²) in [6, 6.07) is 1.93. The predicted molar refractivity (Wildman–Crippen MR) is 61.9 cm³/mol. The Balaban J connectivity index is 2.71. The van der Waals surface area contributed by atoms with Crippen LogP contribution in [0.15, 0.2) is 23.1 Å². The molecule has 7 nitrogen and oxygen atoms in total. The van der Waals surface area contributed by atoms with Gasteiger partial charge in [-0.1, -0.05) is 0 Å². The van der Waals surface area contributed by atoms with Gasteiger partial charge in [0, 0.05) is 18.0 Å². The van der Waals surface area contributed by atoms with Crippen LogP contribution in [0.2, 0.25) is 0 Å². The fraction of sp³-hybridized carbons (Fsp3) is 0.300. The molecule has 0 spiro atoms. The largest absolute Gasteiger partial charge is 0.398 e. The van der Waals surface area contributed by atoms with Crippen LogP contribution in [0.3, 0.4) is 0 Å². The van der Waals surface area contributed by atoms with Gasteiger partial charge in [-0.05, 0) is 13.0 Å². The van der Waals surface area contributed by atoms with Crippen LogP contribution in [0.4, 0.5) is 5.69 Å². The second-order valence-corrected chi connectivity index (χ2v) is 3.62. The van der Waals surface area contributed by atoms with Gasteiger partial charge < -0.3 is 21.4 Å². The predicted octanol–water partition coefficient (Wildman–Crippen LogP) is -1.58. The molecule has 92 valence electrons. The molecule has 0 radical (unpaired) electrons. The minimum Gasteiger partial charge on any atom is -0.398 e. The monoisotopic (exact) mass is 238 g/mol. The average molecular weight is 238 g/mol. The molecule has 1 aromatic heterocycles. The van der Waals surface area contributed by atoms with Crippen molar-refractivity contribution in [3.8, 4) is 0 Å². The van der Waals surface area contributed by atoms with Crippen LogP contribution in [-0.2, 0) is 16.1 Å². The Hall–Kier alpha value is -2.31. The maximum Gasteiger partial charge on any atom is 0.251 e. The smallest absolute Gasteiger partial charge is 0.251 e. The van der Waals surface area contributed by atoms with Gasteiger partial charge in [0.25, 0.3) is 5.56 Å². The SMILES string of the molecule is CC(NC(=O)Cn1cc(N)ccc1=O)C(N)=O. The number of primary amides is 1. The van der Waals surface area contributed by atoms with E-state index in [9.17, 15) is 14.4 Å². The van der Waals surface area contributed by atoms with Crippen LogP contribution < -0.4 is 22.3 Å². The zero-order valence-electron chi connectivity index (χ0n) is 9.34. The summed E-state index contributed by atoms with van der Waals surface area (Å²) >= 11 is 0. The summed E-state index contributed by atoms with van der Waals surface area (Å²) in [6.07, 6.45) is 1.36. The molecule has 1 atom stereocenters. The van der Waals surface area contributed by atoms with Crippen molar-refractivity contribution in [2.45, 2.75) is 19.5 Å². The maximum atomic E-state index is 11.5. The van der Waals surface area contributed by atoms with E-state index >= 15 is 0 Å². The lowest BCUT2D eigenvalue weighted by Crippen LogP contribution is -2.44. The van der Waals surface area contributed by atoms with Crippen LogP contribution in [0, 0.1) is 0 Å². The van der Waals surface area contributed by atoms with Gasteiger partial charge in [-0.15, -0.1) is 0 Å². The molecule has 1 aromatic rings. The van der Waals surface area contributed by atoms with Gasteiger partial charge in [-0.25, -0.2) is 0 Å². The Labute approximate surface area is 97.4 Å². The molecule has 7 heteroatoms. The molecule has 0 aliphatic heterocycles. The Kier molecular flexibility index (Phi) is 3.86. The number of nitrogens with zero attached hydrogens (tertiary/aromatic N) is 1. The van der Waals surface area contributed by atoms with Crippen molar-refractivity contribution in [3.05, 3.63) is 28.7 Å². The second-order valence-electron chi connectivity index (χ2n) is 3.62. The molecule has 5 N–H and O–H groups in total. The Bertz CT molecular complexity index is 495. The lowest BCUT2D eigenvalue weighted by Gasteiger charge is -2.11. The van der Waals surface area contributed by atoms with E-state index in [0.717, 1.165) is 4.57 Å². The Morgan fingerprint density at radius 1 is 1.47 bits per heavy atom. The highest BCUT2D eigenvalue weighted by atomic mass is 16.2. The third-order valence-electron chi connectivity index (χ3n) is 2.12. The number of pyridine rings is 1. The van der Waals surface area contributed by atoms with E-state index in [1.165, 1.54) is 25.3 Å². The number of aromatic nitrogens is 1. The van der Waals surface area contributed by atoms with Gasteiger partial charge in [0.15, 0.2) is 0 Å². The van der Waals surface area contributed by atoms with E-state index in [1.807, 2.05) is 0 Å². The van der Waals surface area contributed by atoms with Gasteiger partial charge in [0.1, 0.15) is 12.6 Å². The maximum absolute atomic E-state index is 11.5. The van der Waals surface area contributed by atoms with Crippen molar-refractivity contribution in [2.75, 3.05) is 5.73 Å². The van der Waals surface area contributed by atoms with Crippen molar-refractivity contribution in [1.29, 1.82) is 0 Å². The van der Waals surface area contributed by atoms with E-state index in [4.69, 9.17) is 11.5 Å². The van der Waals surface area contributed by atoms with Crippen LogP contribution >= 0.6 is 0 Å². The Morgan fingerprint density at radius 3 is 2.71 bits per heavy atom. The third kappa shape index (κ3) is 3.63. The number of hydrogen-bond donors (Lipinski definition) is 3. The first-order valence-corrected chi connectivity index (χ1v) is 4.95. The molecule has 1 unspecified atom stereocenters. The minimum atomic E-state index is -0.778. The number of amides is 2. The van der Waals surface area contributed by atoms with Crippen molar-refractivity contribution in [1.82, 2.24) is 9.88 Å². The standard InChI is InChI=1S/C10H14N4O3/c1-6(10(12)17)13-8(15)5-14-4-7(11)2-3-9(14)16/h2-4,6H,5,11H2,1H3,(H2,12,17)(H,13,15). The topological polar surface area (TPSA) is 120 Å². The summed E-state index contributed by atoms with van der Waals surface area (Å²) < 4.78 is 1.15. The highest BCUT2D eigenvalue weighted by molar-refractivity contribution is 5.86. The quantitative estimate of drug-likeness (QED) is 0.586. The van der Waals surface area contributed by atoms with E-state index in [0.29, 0.717) is 5.69 Å². The molecule has 0 fully saturated rings. The van der Waals surface area contributed by atoms with Crippen molar-refractivity contribution in [2.24, 2.45) is 5.73 Å². The number of hydrogen-bond acceptors (Lipinski definition) is 4. The van der Waals surface area contributed by atoms with E-state index in [-0.39, 0.29) is 12.1 Å². The first kappa shape index (κ1) is 12.8. The zero-order chi connectivity index (χ0) is 13.0. The number of nitrogens with one attached hydrogen (secondary N) is 1. The lowest BCUT2D eigenvalue weighted by atomic mass is 10.3. The second kappa shape index (κ2) is 5.15. The number of carbonyl (C=O) groups is 2. The minimum absolute atomic E-state index is 0.207. The number of nitrogens with two attached hydrogens (primary N) is 2. The average Bonchev–Trinajstić information content (AvgIpc) is 2.23. The zero-order valence-corrected chi connectivity index (χ0v) is 9.34. The van der Waals surface area contributed by atoms with E-state index < -0.39 is 17.9 Å². The lowest BCUT2D eigenvalue weighted by molar-refractivity contribution is -0.127. The number of anilines is 1. The molecule has 2 amide bonds. The van der Waals surface area contributed by atoms with Crippen LogP contribution in [0.1, 0.15) is 6.92 Å². The molecule has 0 saturated carbocycles. The van der Waals surface area contributed by atoms with Crippen LogP contribution in [-0.4, -0.2) is 22.4 Å². The number of rotatable bonds is 4. The number of nitrogen functional groups attached to an aromatic ring is 1. The summed E-state index contributed by atoms with van der Waals surface area (Å²) in [5.41, 5.74) is 10.5.